The minimum Gasteiger partial charge on any atom is -0.350 e. The van der Waals surface area contributed by atoms with Crippen LogP contribution in [0.3, 0.4) is 0 Å². The highest BCUT2D eigenvalue weighted by atomic mass is 32.1. The van der Waals surface area contributed by atoms with Gasteiger partial charge < -0.3 is 10.2 Å². The third kappa shape index (κ3) is 3.71. The molecule has 1 N–H and O–H groups in total. The van der Waals surface area contributed by atoms with Crippen LogP contribution in [-0.4, -0.2) is 35.0 Å². The maximum absolute atomic E-state index is 14.9. The molecule has 3 aromatic heterocycles. The summed E-state index contributed by atoms with van der Waals surface area (Å²) in [5.41, 5.74) is 3.33. The van der Waals surface area contributed by atoms with Gasteiger partial charge in [-0.1, -0.05) is 13.0 Å². The Morgan fingerprint density at radius 3 is 2.80 bits per heavy atom. The van der Waals surface area contributed by atoms with Crippen molar-refractivity contribution in [1.82, 2.24) is 14.9 Å². The van der Waals surface area contributed by atoms with E-state index < -0.39 is 11.6 Å². The van der Waals surface area contributed by atoms with Gasteiger partial charge in [-0.15, -0.1) is 22.7 Å². The zero-order chi connectivity index (χ0) is 21.4. The lowest BCUT2D eigenvalue weighted by Crippen LogP contribution is -2.25. The summed E-state index contributed by atoms with van der Waals surface area (Å²) in [5, 5.41) is 3.79. The number of benzene rings is 1. The Labute approximate surface area is 181 Å². The van der Waals surface area contributed by atoms with E-state index in [1.54, 1.807) is 23.6 Å². The molecule has 3 heterocycles. The highest BCUT2D eigenvalue weighted by molar-refractivity contribution is 7.19. The van der Waals surface area contributed by atoms with Crippen LogP contribution in [0.4, 0.5) is 20.2 Å². The predicted octanol–water partition coefficient (Wildman–Crippen LogP) is 6.67. The third-order valence-electron chi connectivity index (χ3n) is 5.15. The number of nitrogens with zero attached hydrogens (tertiary/aromatic N) is 3. The lowest BCUT2D eigenvalue weighted by Gasteiger charge is -2.22. The van der Waals surface area contributed by atoms with Crippen molar-refractivity contribution < 1.29 is 8.78 Å². The number of pyridine rings is 1. The first kappa shape index (κ1) is 20.8. The molecule has 0 bridgehead atoms. The van der Waals surface area contributed by atoms with Crippen LogP contribution in [0, 0.1) is 11.6 Å². The molecular formula is C22H22F2N4S2. The molecule has 0 amide bonds. The van der Waals surface area contributed by atoms with Gasteiger partial charge >= 0.3 is 0 Å². The largest absolute Gasteiger partial charge is 0.350 e. The fourth-order valence-corrected chi connectivity index (χ4v) is 5.19. The average molecular weight is 445 g/mol. The first-order chi connectivity index (χ1) is 14.4. The SMILES string of the molecule is CC/C=C(/c1cc2c(Nc3c(F)cc4scnc4c3F)ccnc2s1)C(C)N(C)C. The number of allylic oxidation sites excluding steroid dienone is 1. The number of halogens is 2. The van der Waals surface area contributed by atoms with Crippen LogP contribution in [0.25, 0.3) is 26.0 Å². The lowest BCUT2D eigenvalue weighted by atomic mass is 10.0. The molecule has 0 aliphatic carbocycles. The van der Waals surface area contributed by atoms with Gasteiger partial charge in [0.1, 0.15) is 16.0 Å². The second kappa shape index (κ2) is 8.37. The monoisotopic (exact) mass is 444 g/mol. The third-order valence-corrected chi connectivity index (χ3v) is 7.02. The van der Waals surface area contributed by atoms with E-state index in [0.717, 1.165) is 21.5 Å². The van der Waals surface area contributed by atoms with Crippen LogP contribution >= 0.6 is 22.7 Å². The van der Waals surface area contributed by atoms with Crippen molar-refractivity contribution in [3.05, 3.63) is 52.5 Å². The normalized spacial score (nSPS) is 13.5. The summed E-state index contributed by atoms with van der Waals surface area (Å²) in [5.74, 6) is -1.32. The van der Waals surface area contributed by atoms with Gasteiger partial charge in [0.15, 0.2) is 11.6 Å². The number of likely N-dealkylation sites (N-methyl/N-ethyl adjacent to an activating group) is 1. The van der Waals surface area contributed by atoms with E-state index in [4.69, 9.17) is 0 Å². The molecule has 0 saturated heterocycles. The van der Waals surface area contributed by atoms with Gasteiger partial charge in [-0.05, 0) is 51.2 Å². The molecule has 0 spiro atoms. The van der Waals surface area contributed by atoms with Gasteiger partial charge in [-0.25, -0.2) is 18.7 Å². The Morgan fingerprint density at radius 2 is 2.07 bits per heavy atom. The van der Waals surface area contributed by atoms with Crippen molar-refractivity contribution in [3.8, 4) is 0 Å². The van der Waals surface area contributed by atoms with Crippen molar-refractivity contribution in [2.75, 3.05) is 19.4 Å². The van der Waals surface area contributed by atoms with E-state index in [9.17, 15) is 8.78 Å². The Bertz CT molecular complexity index is 1240. The summed E-state index contributed by atoms with van der Waals surface area (Å²) in [6.45, 7) is 4.27. The summed E-state index contributed by atoms with van der Waals surface area (Å²) >= 11 is 2.80. The predicted molar refractivity (Wildman–Crippen MR) is 124 cm³/mol. The summed E-state index contributed by atoms with van der Waals surface area (Å²) in [6.07, 6.45) is 4.79. The molecule has 156 valence electrons. The fourth-order valence-electron chi connectivity index (χ4n) is 3.35. The van der Waals surface area contributed by atoms with Crippen LogP contribution in [0.2, 0.25) is 0 Å². The van der Waals surface area contributed by atoms with Crippen LogP contribution in [0.15, 0.2) is 36.0 Å². The van der Waals surface area contributed by atoms with E-state index in [1.165, 1.54) is 28.5 Å². The quantitative estimate of drug-likeness (QED) is 0.360. The van der Waals surface area contributed by atoms with Crippen molar-refractivity contribution in [1.29, 1.82) is 0 Å². The maximum Gasteiger partial charge on any atom is 0.176 e. The number of anilines is 2. The molecule has 30 heavy (non-hydrogen) atoms. The molecule has 0 aliphatic heterocycles. The van der Waals surface area contributed by atoms with Crippen molar-refractivity contribution in [2.45, 2.75) is 26.3 Å². The van der Waals surface area contributed by atoms with Gasteiger partial charge in [0.2, 0.25) is 0 Å². The lowest BCUT2D eigenvalue weighted by molar-refractivity contribution is 0.373. The summed E-state index contributed by atoms with van der Waals surface area (Å²) in [4.78, 5) is 12.6. The Balaban J connectivity index is 1.79. The van der Waals surface area contributed by atoms with E-state index in [1.807, 2.05) is 20.2 Å². The number of aromatic nitrogens is 2. The molecule has 0 radical (unpaired) electrons. The molecule has 4 nitrogen and oxygen atoms in total. The highest BCUT2D eigenvalue weighted by Gasteiger charge is 2.20. The minimum atomic E-state index is -0.681. The van der Waals surface area contributed by atoms with Crippen molar-refractivity contribution in [2.24, 2.45) is 0 Å². The smallest absolute Gasteiger partial charge is 0.176 e. The number of hydrogen-bond acceptors (Lipinski definition) is 6. The van der Waals surface area contributed by atoms with Crippen LogP contribution in [-0.2, 0) is 0 Å². The second-order valence-electron chi connectivity index (χ2n) is 7.27. The highest BCUT2D eigenvalue weighted by Crippen LogP contribution is 2.38. The zero-order valence-corrected chi connectivity index (χ0v) is 18.8. The second-order valence-corrected chi connectivity index (χ2v) is 9.18. The first-order valence-corrected chi connectivity index (χ1v) is 11.3. The molecule has 0 saturated carbocycles. The van der Waals surface area contributed by atoms with Gasteiger partial charge in [0, 0.05) is 22.5 Å². The standard InChI is InChI=1S/C22H22F2N4S2/c1-5-6-13(12(2)28(3)4)17-9-14-16(7-8-25-22(14)30-17)27-20-15(23)10-18-21(19(20)24)26-11-29-18/h6-12H,5H2,1-4H3,(H,25,27)/b13-6+. The Kier molecular flexibility index (Phi) is 5.81. The maximum atomic E-state index is 14.9. The molecule has 0 fully saturated rings. The van der Waals surface area contributed by atoms with Crippen LogP contribution in [0.1, 0.15) is 25.1 Å². The number of thiophene rings is 1. The number of nitrogens with one attached hydrogen (secondary N) is 1. The average Bonchev–Trinajstić information content (AvgIpc) is 3.35. The first-order valence-electron chi connectivity index (χ1n) is 9.64. The van der Waals surface area contributed by atoms with Crippen molar-refractivity contribution in [3.63, 3.8) is 0 Å². The van der Waals surface area contributed by atoms with Gasteiger partial charge in [-0.2, -0.15) is 0 Å². The molecular weight excluding hydrogens is 422 g/mol. The summed E-state index contributed by atoms with van der Waals surface area (Å²) in [7, 11) is 4.10. The van der Waals surface area contributed by atoms with E-state index in [2.05, 4.69) is 40.1 Å². The van der Waals surface area contributed by atoms with Crippen LogP contribution in [0.5, 0.6) is 0 Å². The Hall–Kier alpha value is -2.42. The zero-order valence-electron chi connectivity index (χ0n) is 17.2. The van der Waals surface area contributed by atoms with E-state index in [-0.39, 0.29) is 17.2 Å². The molecule has 4 rings (SSSR count). The fraction of sp³-hybridized carbons (Fsp3) is 0.273. The van der Waals surface area contributed by atoms with E-state index in [0.29, 0.717) is 10.4 Å². The minimum absolute atomic E-state index is 0.174. The van der Waals surface area contributed by atoms with Gasteiger partial charge in [0.05, 0.1) is 15.9 Å². The Morgan fingerprint density at radius 1 is 1.27 bits per heavy atom. The molecule has 4 aromatic rings. The summed E-state index contributed by atoms with van der Waals surface area (Å²) in [6, 6.07) is 5.34. The molecule has 0 aliphatic rings. The number of hydrogen-bond donors (Lipinski definition) is 1. The molecule has 8 heteroatoms. The molecule has 1 atom stereocenters. The topological polar surface area (TPSA) is 41.1 Å². The molecule has 1 aromatic carbocycles. The van der Waals surface area contributed by atoms with Gasteiger partial charge in [-0.3, -0.25) is 0 Å². The summed E-state index contributed by atoms with van der Waals surface area (Å²) < 4.78 is 30.0. The van der Waals surface area contributed by atoms with Crippen LogP contribution < -0.4 is 5.32 Å². The van der Waals surface area contributed by atoms with E-state index >= 15 is 0 Å². The van der Waals surface area contributed by atoms with Crippen molar-refractivity contribution >= 4 is 60.1 Å². The van der Waals surface area contributed by atoms with Gasteiger partial charge in [0.25, 0.3) is 0 Å². The number of rotatable bonds is 6. The number of fused-ring (bicyclic) bond motifs is 2. The number of thiazole rings is 1. The molecule has 1 unspecified atom stereocenters.